The smallest absolute Gasteiger partial charge is 0.130 e. The number of nitrogens with zero attached hydrogens (tertiary/aromatic N) is 1. The standard InChI is InChI=1S/C17H26F2N2/c1-5-12-10-21(16(9-20-12)17(2,3)4)11-13-14(18)7-6-8-15(13)19/h6-8,12,16,20H,5,9-11H2,1-4H3. The normalized spacial score (nSPS) is 24.3. The third-order valence-corrected chi connectivity index (χ3v) is 4.41. The van der Waals surface area contributed by atoms with Gasteiger partial charge < -0.3 is 5.32 Å². The van der Waals surface area contributed by atoms with E-state index in [2.05, 4.69) is 37.9 Å². The molecular weight excluding hydrogens is 270 g/mol. The van der Waals surface area contributed by atoms with E-state index in [0.717, 1.165) is 19.5 Å². The summed E-state index contributed by atoms with van der Waals surface area (Å²) in [6, 6.07) is 4.74. The summed E-state index contributed by atoms with van der Waals surface area (Å²) in [5, 5.41) is 3.54. The second-order valence-electron chi connectivity index (χ2n) is 7.02. The molecule has 1 aliphatic rings. The molecule has 0 spiro atoms. The Labute approximate surface area is 126 Å². The van der Waals surface area contributed by atoms with E-state index >= 15 is 0 Å². The van der Waals surface area contributed by atoms with Crippen LogP contribution in [0.2, 0.25) is 0 Å². The molecule has 1 saturated heterocycles. The van der Waals surface area contributed by atoms with E-state index in [1.807, 2.05) is 0 Å². The van der Waals surface area contributed by atoms with Crippen molar-refractivity contribution in [3.63, 3.8) is 0 Å². The Balaban J connectivity index is 2.24. The van der Waals surface area contributed by atoms with Gasteiger partial charge in [-0.25, -0.2) is 8.78 Å². The SMILES string of the molecule is CCC1CN(Cc2c(F)cccc2F)C(C(C)(C)C)CN1. The Kier molecular flexibility index (Phi) is 4.99. The Morgan fingerprint density at radius 3 is 2.38 bits per heavy atom. The lowest BCUT2D eigenvalue weighted by Gasteiger charge is -2.46. The number of hydrogen-bond acceptors (Lipinski definition) is 2. The van der Waals surface area contributed by atoms with E-state index in [-0.39, 0.29) is 17.0 Å². The second-order valence-corrected chi connectivity index (χ2v) is 7.02. The van der Waals surface area contributed by atoms with Crippen molar-refractivity contribution in [3.05, 3.63) is 35.4 Å². The third-order valence-electron chi connectivity index (χ3n) is 4.41. The van der Waals surface area contributed by atoms with Gasteiger partial charge in [0, 0.05) is 37.3 Å². The molecule has 0 aliphatic carbocycles. The molecule has 0 amide bonds. The minimum Gasteiger partial charge on any atom is -0.311 e. The van der Waals surface area contributed by atoms with Crippen LogP contribution in [0, 0.1) is 17.0 Å². The monoisotopic (exact) mass is 296 g/mol. The van der Waals surface area contributed by atoms with Crippen LogP contribution in [0.15, 0.2) is 18.2 Å². The fourth-order valence-electron chi connectivity index (χ4n) is 3.07. The summed E-state index contributed by atoms with van der Waals surface area (Å²) in [5.74, 6) is -0.900. The van der Waals surface area contributed by atoms with Crippen LogP contribution in [0.25, 0.3) is 0 Å². The molecule has 1 N–H and O–H groups in total. The van der Waals surface area contributed by atoms with Gasteiger partial charge in [0.1, 0.15) is 11.6 Å². The summed E-state index contributed by atoms with van der Waals surface area (Å²) in [5.41, 5.74) is 0.247. The zero-order valence-electron chi connectivity index (χ0n) is 13.4. The zero-order chi connectivity index (χ0) is 15.6. The molecule has 1 aliphatic heterocycles. The highest BCUT2D eigenvalue weighted by molar-refractivity contribution is 5.20. The average Bonchev–Trinajstić information content (AvgIpc) is 2.41. The summed E-state index contributed by atoms with van der Waals surface area (Å²) in [6.45, 7) is 10.7. The van der Waals surface area contributed by atoms with Crippen LogP contribution in [-0.4, -0.2) is 30.1 Å². The van der Waals surface area contributed by atoms with Crippen LogP contribution in [0.3, 0.4) is 0 Å². The van der Waals surface area contributed by atoms with Crippen molar-refractivity contribution in [1.82, 2.24) is 10.2 Å². The van der Waals surface area contributed by atoms with E-state index in [0.29, 0.717) is 12.6 Å². The summed E-state index contributed by atoms with van der Waals surface area (Å²) >= 11 is 0. The predicted octanol–water partition coefficient (Wildman–Crippen LogP) is 3.56. The summed E-state index contributed by atoms with van der Waals surface area (Å²) < 4.78 is 27.9. The van der Waals surface area contributed by atoms with Crippen LogP contribution < -0.4 is 5.32 Å². The van der Waals surface area contributed by atoms with E-state index < -0.39 is 11.6 Å². The molecule has 2 nitrogen and oxygen atoms in total. The molecule has 21 heavy (non-hydrogen) atoms. The lowest BCUT2D eigenvalue weighted by molar-refractivity contribution is 0.0468. The first-order valence-electron chi connectivity index (χ1n) is 7.73. The predicted molar refractivity (Wildman–Crippen MR) is 82.1 cm³/mol. The number of rotatable bonds is 3. The van der Waals surface area contributed by atoms with E-state index in [1.165, 1.54) is 18.2 Å². The van der Waals surface area contributed by atoms with E-state index in [9.17, 15) is 8.78 Å². The maximum Gasteiger partial charge on any atom is 0.130 e. The number of hydrogen-bond donors (Lipinski definition) is 1. The maximum atomic E-state index is 13.9. The number of nitrogens with one attached hydrogen (secondary N) is 1. The quantitative estimate of drug-likeness (QED) is 0.917. The minimum absolute atomic E-state index is 0.0629. The summed E-state index contributed by atoms with van der Waals surface area (Å²) in [6.07, 6.45) is 1.02. The van der Waals surface area contributed by atoms with Gasteiger partial charge >= 0.3 is 0 Å². The lowest BCUT2D eigenvalue weighted by Crippen LogP contribution is -2.60. The molecule has 1 aromatic carbocycles. The molecule has 1 aromatic rings. The van der Waals surface area contributed by atoms with Gasteiger partial charge in [0.15, 0.2) is 0 Å². The zero-order valence-corrected chi connectivity index (χ0v) is 13.4. The Hall–Kier alpha value is -1.00. The Morgan fingerprint density at radius 1 is 1.24 bits per heavy atom. The van der Waals surface area contributed by atoms with Crippen molar-refractivity contribution < 1.29 is 8.78 Å². The maximum absolute atomic E-state index is 13.9. The first kappa shape index (κ1) is 16.4. The first-order chi connectivity index (χ1) is 9.82. The number of halogens is 2. The topological polar surface area (TPSA) is 15.3 Å². The van der Waals surface area contributed by atoms with E-state index in [4.69, 9.17) is 0 Å². The Morgan fingerprint density at radius 2 is 1.86 bits per heavy atom. The third kappa shape index (κ3) is 3.80. The van der Waals surface area contributed by atoms with Gasteiger partial charge in [0.25, 0.3) is 0 Å². The molecule has 1 fully saturated rings. The number of benzene rings is 1. The molecule has 2 rings (SSSR count). The molecule has 4 heteroatoms. The molecule has 0 aromatic heterocycles. The van der Waals surface area contributed by atoms with Crippen LogP contribution in [0.1, 0.15) is 39.7 Å². The fourth-order valence-corrected chi connectivity index (χ4v) is 3.07. The molecule has 0 radical (unpaired) electrons. The van der Waals surface area contributed by atoms with Crippen molar-refractivity contribution in [3.8, 4) is 0 Å². The van der Waals surface area contributed by atoms with Crippen molar-refractivity contribution in [2.24, 2.45) is 5.41 Å². The summed E-state index contributed by atoms with van der Waals surface area (Å²) in [7, 11) is 0. The van der Waals surface area contributed by atoms with Gasteiger partial charge in [0.05, 0.1) is 0 Å². The van der Waals surface area contributed by atoms with Crippen LogP contribution in [-0.2, 0) is 6.54 Å². The highest BCUT2D eigenvalue weighted by Gasteiger charge is 2.35. The number of piperazine rings is 1. The molecule has 1 heterocycles. The van der Waals surface area contributed by atoms with Crippen LogP contribution in [0.5, 0.6) is 0 Å². The summed E-state index contributed by atoms with van der Waals surface area (Å²) in [4.78, 5) is 2.23. The van der Waals surface area contributed by atoms with Crippen molar-refractivity contribution in [2.45, 2.75) is 52.7 Å². The van der Waals surface area contributed by atoms with Gasteiger partial charge in [0.2, 0.25) is 0 Å². The largest absolute Gasteiger partial charge is 0.311 e. The minimum atomic E-state index is -0.450. The lowest BCUT2D eigenvalue weighted by atomic mass is 9.83. The molecule has 118 valence electrons. The Bertz CT molecular complexity index is 462. The molecule has 0 bridgehead atoms. The van der Waals surface area contributed by atoms with Crippen LogP contribution in [0.4, 0.5) is 8.78 Å². The second kappa shape index (κ2) is 6.41. The van der Waals surface area contributed by atoms with Gasteiger partial charge in [-0.1, -0.05) is 33.8 Å². The molecule has 2 unspecified atom stereocenters. The van der Waals surface area contributed by atoms with Crippen molar-refractivity contribution in [1.29, 1.82) is 0 Å². The highest BCUT2D eigenvalue weighted by Crippen LogP contribution is 2.29. The van der Waals surface area contributed by atoms with Gasteiger partial charge in [-0.3, -0.25) is 4.90 Å². The molecular formula is C17H26F2N2. The average molecular weight is 296 g/mol. The first-order valence-corrected chi connectivity index (χ1v) is 7.73. The molecule has 2 atom stereocenters. The van der Waals surface area contributed by atoms with Crippen molar-refractivity contribution >= 4 is 0 Å². The van der Waals surface area contributed by atoms with E-state index in [1.54, 1.807) is 0 Å². The fraction of sp³-hybridized carbons (Fsp3) is 0.647. The van der Waals surface area contributed by atoms with Gasteiger partial charge in [-0.15, -0.1) is 0 Å². The molecule has 0 saturated carbocycles. The van der Waals surface area contributed by atoms with Gasteiger partial charge in [-0.2, -0.15) is 0 Å². The van der Waals surface area contributed by atoms with Crippen molar-refractivity contribution in [2.75, 3.05) is 13.1 Å². The van der Waals surface area contributed by atoms with Crippen LogP contribution >= 0.6 is 0 Å². The highest BCUT2D eigenvalue weighted by atomic mass is 19.1. The van der Waals surface area contributed by atoms with Gasteiger partial charge in [-0.05, 0) is 24.0 Å².